The number of aromatic nitrogens is 3. The second-order valence-electron chi connectivity index (χ2n) is 5.91. The van der Waals surface area contributed by atoms with E-state index in [1.807, 2.05) is 0 Å². The molecule has 0 N–H and O–H groups in total. The van der Waals surface area contributed by atoms with Crippen LogP contribution in [-0.2, 0) is 24.4 Å². The first-order valence-electron chi connectivity index (χ1n) is 8.38. The van der Waals surface area contributed by atoms with E-state index >= 15 is 0 Å². The molecule has 0 saturated carbocycles. The summed E-state index contributed by atoms with van der Waals surface area (Å²) in [4.78, 5) is 37.6. The molecule has 24 heavy (non-hydrogen) atoms. The molecule has 0 bridgehead atoms. The molecule has 1 aromatic rings. The summed E-state index contributed by atoms with van der Waals surface area (Å²) >= 11 is 0. The number of ether oxygens (including phenoxy) is 1. The molecule has 0 aromatic carbocycles. The van der Waals surface area contributed by atoms with Gasteiger partial charge < -0.3 is 4.74 Å². The van der Waals surface area contributed by atoms with Crippen molar-refractivity contribution in [1.29, 1.82) is 0 Å². The molecule has 7 nitrogen and oxygen atoms in total. The van der Waals surface area contributed by atoms with Crippen LogP contribution in [0.3, 0.4) is 0 Å². The van der Waals surface area contributed by atoms with E-state index in [2.05, 4.69) is 13.2 Å². The van der Waals surface area contributed by atoms with E-state index in [0.717, 1.165) is 22.2 Å². The van der Waals surface area contributed by atoms with Crippen LogP contribution >= 0.6 is 0 Å². The molecule has 0 spiro atoms. The average molecular weight is 335 g/mol. The predicted octanol–water partition coefficient (Wildman–Crippen LogP) is 0.893. The van der Waals surface area contributed by atoms with Crippen molar-refractivity contribution in [3.8, 4) is 0 Å². The molecule has 7 heteroatoms. The van der Waals surface area contributed by atoms with Crippen molar-refractivity contribution in [2.45, 2.75) is 57.8 Å². The van der Waals surface area contributed by atoms with E-state index in [4.69, 9.17) is 4.74 Å². The number of rotatable bonds is 11. The number of allylic oxidation sites excluding steroid dienone is 2. The van der Waals surface area contributed by atoms with Gasteiger partial charge in [0.05, 0.1) is 12.7 Å². The van der Waals surface area contributed by atoms with E-state index in [9.17, 15) is 14.4 Å². The highest BCUT2D eigenvalue weighted by Crippen LogP contribution is 2.15. The second-order valence-corrected chi connectivity index (χ2v) is 5.91. The lowest BCUT2D eigenvalue weighted by atomic mass is 10.2. The van der Waals surface area contributed by atoms with E-state index in [1.165, 1.54) is 4.57 Å². The van der Waals surface area contributed by atoms with Crippen molar-refractivity contribution in [1.82, 2.24) is 13.7 Å². The Morgan fingerprint density at radius 2 is 1.38 bits per heavy atom. The summed E-state index contributed by atoms with van der Waals surface area (Å²) in [6, 6.07) is 0. The number of nitrogens with zero attached hydrogens (tertiary/aromatic N) is 3. The Labute approximate surface area is 140 Å². The fourth-order valence-electron chi connectivity index (χ4n) is 2.58. The van der Waals surface area contributed by atoms with Crippen LogP contribution in [0, 0.1) is 0 Å². The van der Waals surface area contributed by atoms with E-state index in [-0.39, 0.29) is 19.2 Å². The van der Waals surface area contributed by atoms with Crippen molar-refractivity contribution < 1.29 is 4.74 Å². The maximum atomic E-state index is 12.6. The summed E-state index contributed by atoms with van der Waals surface area (Å²) in [7, 11) is 0. The van der Waals surface area contributed by atoms with Gasteiger partial charge in [-0.1, -0.05) is 12.2 Å². The molecular weight excluding hydrogens is 310 g/mol. The Bertz CT molecular complexity index is 753. The quantitative estimate of drug-likeness (QED) is 0.342. The second kappa shape index (κ2) is 8.63. The third-order valence-electron chi connectivity index (χ3n) is 4.04. The predicted molar refractivity (Wildman–Crippen MR) is 92.4 cm³/mol. The smallest absolute Gasteiger partial charge is 0.336 e. The molecule has 2 heterocycles. The molecule has 1 aliphatic rings. The highest BCUT2D eigenvalue weighted by molar-refractivity contribution is 4.81. The maximum absolute atomic E-state index is 12.6. The summed E-state index contributed by atoms with van der Waals surface area (Å²) in [5, 5.41) is 0. The van der Waals surface area contributed by atoms with Gasteiger partial charge >= 0.3 is 17.1 Å². The molecule has 0 amide bonds. The lowest BCUT2D eigenvalue weighted by molar-refractivity contribution is 0.376. The van der Waals surface area contributed by atoms with Crippen molar-refractivity contribution in [3.63, 3.8) is 0 Å². The zero-order chi connectivity index (χ0) is 17.5. The molecular formula is C17H25N3O4. The van der Waals surface area contributed by atoms with Crippen molar-refractivity contribution in [2.75, 3.05) is 6.61 Å². The Morgan fingerprint density at radius 3 is 1.88 bits per heavy atom. The normalized spacial score (nSPS) is 16.1. The summed E-state index contributed by atoms with van der Waals surface area (Å²) in [6.45, 7) is 8.82. The molecule has 1 aromatic heterocycles. The van der Waals surface area contributed by atoms with Gasteiger partial charge in [0, 0.05) is 19.6 Å². The van der Waals surface area contributed by atoms with Gasteiger partial charge in [0.1, 0.15) is 0 Å². The van der Waals surface area contributed by atoms with Gasteiger partial charge in [-0.05, 0) is 32.1 Å². The van der Waals surface area contributed by atoms with Crippen LogP contribution in [0.4, 0.5) is 0 Å². The first-order chi connectivity index (χ1) is 11.6. The summed E-state index contributed by atoms with van der Waals surface area (Å²) in [5.41, 5.74) is -1.61. The van der Waals surface area contributed by atoms with Crippen molar-refractivity contribution in [3.05, 3.63) is 56.8 Å². The van der Waals surface area contributed by atoms with Crippen LogP contribution in [0.2, 0.25) is 0 Å². The standard InChI is InChI=1S/C17H25N3O4/c1-3-5-7-11-19-15(21)18(10-6-4-2)16(22)20(17(19)23)12-8-9-14-13-24-14/h3-4,14H,1-2,5-13H2. The molecule has 132 valence electrons. The minimum absolute atomic E-state index is 0.231. The molecule has 1 saturated heterocycles. The van der Waals surface area contributed by atoms with Crippen LogP contribution in [0.1, 0.15) is 32.1 Å². The summed E-state index contributed by atoms with van der Waals surface area (Å²) in [5.74, 6) is 0. The maximum Gasteiger partial charge on any atom is 0.336 e. The molecule has 2 rings (SSSR count). The Kier molecular flexibility index (Phi) is 6.54. The third-order valence-corrected chi connectivity index (χ3v) is 4.04. The van der Waals surface area contributed by atoms with Gasteiger partial charge in [-0.15, -0.1) is 13.2 Å². The highest BCUT2D eigenvalue weighted by Gasteiger charge is 2.22. The molecule has 1 fully saturated rings. The first-order valence-corrected chi connectivity index (χ1v) is 8.38. The number of hydrogen-bond acceptors (Lipinski definition) is 4. The fourth-order valence-corrected chi connectivity index (χ4v) is 2.58. The van der Waals surface area contributed by atoms with Gasteiger partial charge in [0.15, 0.2) is 0 Å². The number of hydrogen-bond donors (Lipinski definition) is 0. The summed E-state index contributed by atoms with van der Waals surface area (Å²) < 4.78 is 8.60. The molecule has 1 aliphatic heterocycles. The zero-order valence-electron chi connectivity index (χ0n) is 14.0. The van der Waals surface area contributed by atoms with Gasteiger partial charge in [0.25, 0.3) is 0 Å². The lowest BCUT2D eigenvalue weighted by Gasteiger charge is -2.13. The number of unbranched alkanes of at least 4 members (excludes halogenated alkanes) is 1. The number of epoxide rings is 1. The van der Waals surface area contributed by atoms with E-state index in [1.54, 1.807) is 12.2 Å². The van der Waals surface area contributed by atoms with Crippen LogP contribution < -0.4 is 17.1 Å². The van der Waals surface area contributed by atoms with Crippen LogP contribution in [-0.4, -0.2) is 26.4 Å². The monoisotopic (exact) mass is 335 g/mol. The molecule has 1 unspecified atom stereocenters. The van der Waals surface area contributed by atoms with Gasteiger partial charge in [-0.25, -0.2) is 28.1 Å². The summed E-state index contributed by atoms with van der Waals surface area (Å²) in [6.07, 6.45) is 6.96. The van der Waals surface area contributed by atoms with Crippen LogP contribution in [0.5, 0.6) is 0 Å². The SMILES string of the molecule is C=CCCCn1c(=O)n(CCC=C)c(=O)n(CCCC2CO2)c1=O. The largest absolute Gasteiger partial charge is 0.373 e. The van der Waals surface area contributed by atoms with E-state index < -0.39 is 17.1 Å². The van der Waals surface area contributed by atoms with E-state index in [0.29, 0.717) is 32.2 Å². The van der Waals surface area contributed by atoms with Crippen LogP contribution in [0.15, 0.2) is 39.7 Å². The van der Waals surface area contributed by atoms with Gasteiger partial charge in [0.2, 0.25) is 0 Å². The average Bonchev–Trinajstić information content (AvgIpc) is 3.38. The first kappa shape index (κ1) is 18.2. The topological polar surface area (TPSA) is 78.5 Å². The van der Waals surface area contributed by atoms with Crippen molar-refractivity contribution in [2.24, 2.45) is 0 Å². The minimum Gasteiger partial charge on any atom is -0.373 e. The Hall–Kier alpha value is -2.15. The molecule has 0 radical (unpaired) electrons. The third kappa shape index (κ3) is 4.44. The van der Waals surface area contributed by atoms with Crippen LogP contribution in [0.25, 0.3) is 0 Å². The highest BCUT2D eigenvalue weighted by atomic mass is 16.6. The lowest BCUT2D eigenvalue weighted by Crippen LogP contribution is -2.54. The Morgan fingerprint density at radius 1 is 0.875 bits per heavy atom. The van der Waals surface area contributed by atoms with Crippen molar-refractivity contribution >= 4 is 0 Å². The Balaban J connectivity index is 2.33. The fraction of sp³-hybridized carbons (Fsp3) is 0.588. The minimum atomic E-state index is -0.544. The molecule has 1 atom stereocenters. The molecule has 0 aliphatic carbocycles. The zero-order valence-corrected chi connectivity index (χ0v) is 14.0. The van der Waals surface area contributed by atoms with Gasteiger partial charge in [-0.3, -0.25) is 0 Å². The van der Waals surface area contributed by atoms with Gasteiger partial charge in [-0.2, -0.15) is 0 Å².